The minimum Gasteiger partial charge on any atom is -0.490 e. The number of amides is 2. The van der Waals surface area contributed by atoms with E-state index in [1.807, 2.05) is 0 Å². The zero-order chi connectivity index (χ0) is 26.6. The molecule has 1 fully saturated rings. The zero-order valence-electron chi connectivity index (χ0n) is 19.4. The third-order valence-corrected chi connectivity index (χ3v) is 5.89. The molecule has 4 rings (SSSR count). The number of nitrogens with zero attached hydrogens (tertiary/aromatic N) is 2. The third kappa shape index (κ3) is 6.46. The van der Waals surface area contributed by atoms with Gasteiger partial charge in [-0.25, -0.2) is 4.79 Å². The monoisotopic (exact) mass is 516 g/mol. The number of hydrogen-bond donors (Lipinski definition) is 3. The molecule has 0 bridgehead atoms. The molecule has 12 heteroatoms. The molecule has 3 aromatic rings. The van der Waals surface area contributed by atoms with Gasteiger partial charge in [0.15, 0.2) is 0 Å². The van der Waals surface area contributed by atoms with Gasteiger partial charge >= 0.3 is 12.1 Å². The molecule has 1 aromatic heterocycles. The van der Waals surface area contributed by atoms with Crippen molar-refractivity contribution in [3.63, 3.8) is 0 Å². The lowest BCUT2D eigenvalue weighted by Gasteiger charge is -2.32. The molecular formula is C25H23F3N4O5. The number of halogens is 3. The Hall–Kier alpha value is -4.35. The quantitative estimate of drug-likeness (QED) is 0.441. The predicted molar refractivity (Wildman–Crippen MR) is 125 cm³/mol. The van der Waals surface area contributed by atoms with E-state index >= 15 is 0 Å². The second-order valence-electron chi connectivity index (χ2n) is 8.46. The van der Waals surface area contributed by atoms with Gasteiger partial charge in [-0.3, -0.25) is 14.7 Å². The SMILES string of the molecule is O=C(O)c1cccc(-c2cc(C(=O)NCC(=O)N3CCC(Oc4cccc(C(F)(F)F)c4)CC3)[nH]n2)c1. The molecule has 194 valence electrons. The molecule has 0 atom stereocenters. The van der Waals surface area contributed by atoms with Crippen molar-refractivity contribution in [3.8, 4) is 17.0 Å². The number of benzene rings is 2. The maximum atomic E-state index is 12.9. The van der Waals surface area contributed by atoms with Gasteiger partial charge in [0, 0.05) is 31.5 Å². The summed E-state index contributed by atoms with van der Waals surface area (Å²) in [6.45, 7) is 0.430. The van der Waals surface area contributed by atoms with Crippen molar-refractivity contribution in [3.05, 3.63) is 71.4 Å². The lowest BCUT2D eigenvalue weighted by Crippen LogP contribution is -2.46. The maximum Gasteiger partial charge on any atom is 0.416 e. The first-order valence-electron chi connectivity index (χ1n) is 11.4. The van der Waals surface area contributed by atoms with Crippen molar-refractivity contribution in [2.45, 2.75) is 25.1 Å². The lowest BCUT2D eigenvalue weighted by molar-refractivity contribution is -0.138. The van der Waals surface area contributed by atoms with E-state index in [1.165, 1.54) is 30.3 Å². The fourth-order valence-electron chi connectivity index (χ4n) is 3.92. The summed E-state index contributed by atoms with van der Waals surface area (Å²) in [7, 11) is 0. The Labute approximate surface area is 209 Å². The molecular weight excluding hydrogens is 493 g/mol. The van der Waals surface area contributed by atoms with Crippen molar-refractivity contribution < 1.29 is 37.4 Å². The Balaban J connectivity index is 1.25. The highest BCUT2D eigenvalue weighted by atomic mass is 19.4. The highest BCUT2D eigenvalue weighted by Crippen LogP contribution is 2.32. The highest BCUT2D eigenvalue weighted by Gasteiger charge is 2.31. The molecule has 0 spiro atoms. The van der Waals surface area contributed by atoms with E-state index in [0.29, 0.717) is 37.2 Å². The first kappa shape index (κ1) is 25.7. The van der Waals surface area contributed by atoms with E-state index in [4.69, 9.17) is 9.84 Å². The average molecular weight is 516 g/mol. The molecule has 37 heavy (non-hydrogen) atoms. The van der Waals surface area contributed by atoms with Crippen LogP contribution in [0.4, 0.5) is 13.2 Å². The van der Waals surface area contributed by atoms with Crippen molar-refractivity contribution >= 4 is 17.8 Å². The summed E-state index contributed by atoms with van der Waals surface area (Å²) in [5.74, 6) is -1.82. The summed E-state index contributed by atoms with van der Waals surface area (Å²) in [5, 5.41) is 18.3. The number of aromatic carboxylic acids is 1. The number of nitrogens with one attached hydrogen (secondary N) is 2. The Kier molecular flexibility index (Phi) is 7.46. The number of piperidine rings is 1. The largest absolute Gasteiger partial charge is 0.490 e. The number of rotatable bonds is 7. The van der Waals surface area contributed by atoms with Crippen LogP contribution in [0, 0.1) is 0 Å². The Bertz CT molecular complexity index is 1300. The molecule has 1 saturated heterocycles. The van der Waals surface area contributed by atoms with Gasteiger partial charge in [0.25, 0.3) is 5.91 Å². The smallest absolute Gasteiger partial charge is 0.416 e. The van der Waals surface area contributed by atoms with E-state index in [-0.39, 0.29) is 35.6 Å². The standard InChI is InChI=1S/C25H23F3N4O5/c26-25(27,28)17-5-2-6-19(12-17)37-18-7-9-32(10-8-18)22(33)14-29-23(34)21-13-20(30-31-21)15-3-1-4-16(11-15)24(35)36/h1-6,11-13,18H,7-10,14H2,(H,29,34)(H,30,31)(H,35,36). The number of ether oxygens (including phenoxy) is 1. The minimum absolute atomic E-state index is 0.0843. The molecule has 3 N–H and O–H groups in total. The van der Waals surface area contributed by atoms with Crippen LogP contribution in [0.5, 0.6) is 5.75 Å². The van der Waals surface area contributed by atoms with Crippen LogP contribution in [-0.2, 0) is 11.0 Å². The summed E-state index contributed by atoms with van der Waals surface area (Å²) < 4.78 is 44.4. The fourth-order valence-corrected chi connectivity index (χ4v) is 3.92. The molecule has 0 unspecified atom stereocenters. The second-order valence-corrected chi connectivity index (χ2v) is 8.46. The number of carbonyl (C=O) groups excluding carboxylic acids is 2. The van der Waals surface area contributed by atoms with Gasteiger partial charge in [0.1, 0.15) is 17.5 Å². The van der Waals surface area contributed by atoms with Crippen LogP contribution in [0.15, 0.2) is 54.6 Å². The number of carboxylic acid groups (broad SMARTS) is 1. The highest BCUT2D eigenvalue weighted by molar-refractivity contribution is 5.96. The van der Waals surface area contributed by atoms with Gasteiger partial charge in [-0.2, -0.15) is 18.3 Å². The van der Waals surface area contributed by atoms with Gasteiger partial charge in [-0.15, -0.1) is 0 Å². The van der Waals surface area contributed by atoms with Crippen LogP contribution in [0.25, 0.3) is 11.3 Å². The van der Waals surface area contributed by atoms with Crippen LogP contribution in [0.2, 0.25) is 0 Å². The van der Waals surface area contributed by atoms with Crippen molar-refractivity contribution in [1.29, 1.82) is 0 Å². The van der Waals surface area contributed by atoms with Crippen LogP contribution in [0.3, 0.4) is 0 Å². The molecule has 1 aliphatic rings. The molecule has 2 aromatic carbocycles. The first-order valence-corrected chi connectivity index (χ1v) is 11.4. The lowest BCUT2D eigenvalue weighted by atomic mass is 10.1. The summed E-state index contributed by atoms with van der Waals surface area (Å²) >= 11 is 0. The molecule has 9 nitrogen and oxygen atoms in total. The normalized spacial score (nSPS) is 14.3. The summed E-state index contributed by atoms with van der Waals surface area (Å²) in [4.78, 5) is 37.7. The van der Waals surface area contributed by atoms with E-state index in [9.17, 15) is 27.6 Å². The van der Waals surface area contributed by atoms with Gasteiger partial charge in [0.05, 0.1) is 23.4 Å². The van der Waals surface area contributed by atoms with Crippen LogP contribution in [-0.4, -0.2) is 63.7 Å². The number of aromatic nitrogens is 2. The van der Waals surface area contributed by atoms with E-state index in [2.05, 4.69) is 15.5 Å². The Morgan fingerprint density at radius 2 is 1.81 bits per heavy atom. The molecule has 0 aliphatic carbocycles. The zero-order valence-corrected chi connectivity index (χ0v) is 19.4. The van der Waals surface area contributed by atoms with Crippen molar-refractivity contribution in [1.82, 2.24) is 20.4 Å². The molecule has 1 aliphatic heterocycles. The van der Waals surface area contributed by atoms with E-state index < -0.39 is 23.6 Å². The molecule has 0 saturated carbocycles. The molecule has 2 heterocycles. The minimum atomic E-state index is -4.46. The third-order valence-electron chi connectivity index (χ3n) is 5.89. The fraction of sp³-hybridized carbons (Fsp3) is 0.280. The summed E-state index contributed by atoms with van der Waals surface area (Å²) in [6, 6.07) is 12.2. The van der Waals surface area contributed by atoms with Crippen LogP contribution >= 0.6 is 0 Å². The Morgan fingerprint density at radius 1 is 1.08 bits per heavy atom. The van der Waals surface area contributed by atoms with Gasteiger partial charge < -0.3 is 20.1 Å². The Morgan fingerprint density at radius 3 is 2.51 bits per heavy atom. The second kappa shape index (κ2) is 10.7. The number of hydrogen-bond acceptors (Lipinski definition) is 5. The summed E-state index contributed by atoms with van der Waals surface area (Å²) in [5.41, 5.74) is 0.299. The van der Waals surface area contributed by atoms with Gasteiger partial charge in [-0.1, -0.05) is 18.2 Å². The number of likely N-dealkylation sites (tertiary alicyclic amines) is 1. The van der Waals surface area contributed by atoms with Gasteiger partial charge in [-0.05, 0) is 36.4 Å². The van der Waals surface area contributed by atoms with Gasteiger partial charge in [0.2, 0.25) is 5.91 Å². The molecule has 0 radical (unpaired) electrons. The first-order chi connectivity index (χ1) is 17.6. The van der Waals surface area contributed by atoms with E-state index in [0.717, 1.165) is 12.1 Å². The number of carbonyl (C=O) groups is 3. The average Bonchev–Trinajstić information content (AvgIpc) is 3.38. The maximum absolute atomic E-state index is 12.9. The predicted octanol–water partition coefficient (Wildman–Crippen LogP) is 3.59. The molecule has 2 amide bonds. The summed E-state index contributed by atoms with van der Waals surface area (Å²) in [6.07, 6.45) is -3.90. The van der Waals surface area contributed by atoms with Crippen LogP contribution < -0.4 is 10.1 Å². The van der Waals surface area contributed by atoms with Crippen LogP contribution in [0.1, 0.15) is 39.3 Å². The number of aromatic amines is 1. The number of carboxylic acids is 1. The topological polar surface area (TPSA) is 125 Å². The van der Waals surface area contributed by atoms with Crippen molar-refractivity contribution in [2.24, 2.45) is 0 Å². The van der Waals surface area contributed by atoms with Crippen molar-refractivity contribution in [2.75, 3.05) is 19.6 Å². The van der Waals surface area contributed by atoms with E-state index in [1.54, 1.807) is 17.0 Å². The number of alkyl halides is 3. The number of H-pyrrole nitrogens is 1.